The third kappa shape index (κ3) is 3.25. The van der Waals surface area contributed by atoms with Gasteiger partial charge in [0, 0.05) is 32.1 Å². The Morgan fingerprint density at radius 1 is 1.47 bits per heavy atom. The minimum atomic E-state index is -0.266. The minimum absolute atomic E-state index is 0.160. The maximum Gasteiger partial charge on any atom is 0.126 e. The number of β-amino-alcohol motifs (C(OH)–C–C–N with tert-alkyl or cyclic N) is 1. The third-order valence-electron chi connectivity index (χ3n) is 3.28. The summed E-state index contributed by atoms with van der Waals surface area (Å²) in [6.45, 7) is 4.67. The number of benzene rings is 1. The number of nitrogens with one attached hydrogen (secondary N) is 2. The van der Waals surface area contributed by atoms with Gasteiger partial charge < -0.3 is 15.7 Å². The molecule has 0 spiro atoms. The first kappa shape index (κ1) is 12.5. The van der Waals surface area contributed by atoms with E-state index in [-0.39, 0.29) is 17.8 Å². The van der Waals surface area contributed by atoms with Gasteiger partial charge in [-0.15, -0.1) is 0 Å². The zero-order chi connectivity index (χ0) is 12.3. The predicted octanol–water partition coefficient (Wildman–Crippen LogP) is 0.804. The van der Waals surface area contributed by atoms with Gasteiger partial charge in [-0.3, -0.25) is 0 Å². The molecule has 3 N–H and O–H groups in total. The van der Waals surface area contributed by atoms with E-state index in [0.717, 1.165) is 18.7 Å². The van der Waals surface area contributed by atoms with Crippen molar-refractivity contribution in [2.75, 3.05) is 19.6 Å². The number of rotatable bonds is 4. The van der Waals surface area contributed by atoms with Crippen LogP contribution in [0.2, 0.25) is 0 Å². The van der Waals surface area contributed by atoms with Gasteiger partial charge in [-0.2, -0.15) is 0 Å². The van der Waals surface area contributed by atoms with Crippen LogP contribution in [-0.2, 0) is 6.54 Å². The lowest BCUT2D eigenvalue weighted by Gasteiger charge is -2.14. The number of aliphatic hydroxyl groups excluding tert-OH is 1. The highest BCUT2D eigenvalue weighted by Crippen LogP contribution is 2.10. The molecule has 1 aromatic rings. The molecular formula is C13H19FN2O. The summed E-state index contributed by atoms with van der Waals surface area (Å²) in [6, 6.07) is 5.28. The van der Waals surface area contributed by atoms with Crippen LogP contribution in [0.5, 0.6) is 0 Å². The Morgan fingerprint density at radius 3 is 2.94 bits per heavy atom. The van der Waals surface area contributed by atoms with Crippen LogP contribution in [0.1, 0.15) is 11.1 Å². The predicted molar refractivity (Wildman–Crippen MR) is 65.2 cm³/mol. The zero-order valence-electron chi connectivity index (χ0n) is 10.0. The molecule has 3 nitrogen and oxygen atoms in total. The van der Waals surface area contributed by atoms with Crippen molar-refractivity contribution in [3.63, 3.8) is 0 Å². The van der Waals surface area contributed by atoms with Gasteiger partial charge in [0.05, 0.1) is 6.10 Å². The highest BCUT2D eigenvalue weighted by atomic mass is 19.1. The van der Waals surface area contributed by atoms with Crippen molar-refractivity contribution in [3.05, 3.63) is 35.1 Å². The molecule has 0 radical (unpaired) electrons. The minimum Gasteiger partial charge on any atom is -0.391 e. The Morgan fingerprint density at radius 2 is 2.29 bits per heavy atom. The molecule has 1 aliphatic rings. The van der Waals surface area contributed by atoms with Gasteiger partial charge in [-0.25, -0.2) is 4.39 Å². The van der Waals surface area contributed by atoms with Gasteiger partial charge >= 0.3 is 0 Å². The van der Waals surface area contributed by atoms with Crippen molar-refractivity contribution >= 4 is 0 Å². The molecule has 0 aromatic heterocycles. The fraction of sp³-hybridized carbons (Fsp3) is 0.538. The molecule has 2 rings (SSSR count). The van der Waals surface area contributed by atoms with Crippen LogP contribution in [-0.4, -0.2) is 30.8 Å². The van der Waals surface area contributed by atoms with E-state index in [0.29, 0.717) is 18.7 Å². The lowest BCUT2D eigenvalue weighted by Crippen LogP contribution is -2.30. The quantitative estimate of drug-likeness (QED) is 0.727. The number of aliphatic hydroxyl groups is 1. The Balaban J connectivity index is 1.79. The van der Waals surface area contributed by atoms with E-state index in [1.54, 1.807) is 19.1 Å². The number of halogens is 1. The second kappa shape index (κ2) is 5.58. The van der Waals surface area contributed by atoms with Crippen molar-refractivity contribution in [2.24, 2.45) is 5.92 Å². The molecule has 0 amide bonds. The first-order valence-corrected chi connectivity index (χ1v) is 6.01. The van der Waals surface area contributed by atoms with Crippen molar-refractivity contribution in [2.45, 2.75) is 19.6 Å². The normalized spacial score (nSPS) is 24.2. The highest BCUT2D eigenvalue weighted by molar-refractivity contribution is 5.23. The summed E-state index contributed by atoms with van der Waals surface area (Å²) in [4.78, 5) is 0. The van der Waals surface area contributed by atoms with Gasteiger partial charge in [0.1, 0.15) is 5.82 Å². The molecule has 1 heterocycles. The second-order valence-corrected chi connectivity index (χ2v) is 4.70. The Labute approximate surface area is 101 Å². The summed E-state index contributed by atoms with van der Waals surface area (Å²) < 4.78 is 13.3. The molecule has 4 heteroatoms. The van der Waals surface area contributed by atoms with Crippen molar-refractivity contribution in [3.8, 4) is 0 Å². The van der Waals surface area contributed by atoms with E-state index in [1.807, 2.05) is 6.07 Å². The van der Waals surface area contributed by atoms with Gasteiger partial charge in [0.25, 0.3) is 0 Å². The fourth-order valence-electron chi connectivity index (χ4n) is 2.08. The van der Waals surface area contributed by atoms with Crippen LogP contribution in [0.3, 0.4) is 0 Å². The number of hydrogen-bond acceptors (Lipinski definition) is 3. The van der Waals surface area contributed by atoms with Gasteiger partial charge in [-0.05, 0) is 24.1 Å². The van der Waals surface area contributed by atoms with Crippen LogP contribution >= 0.6 is 0 Å². The van der Waals surface area contributed by atoms with E-state index in [9.17, 15) is 9.50 Å². The van der Waals surface area contributed by atoms with Crippen LogP contribution < -0.4 is 10.6 Å². The first-order chi connectivity index (χ1) is 8.16. The van der Waals surface area contributed by atoms with Crippen LogP contribution in [0.25, 0.3) is 0 Å². The zero-order valence-corrected chi connectivity index (χ0v) is 10.0. The molecule has 1 aliphatic heterocycles. The summed E-state index contributed by atoms with van der Waals surface area (Å²) >= 11 is 0. The van der Waals surface area contributed by atoms with Gasteiger partial charge in [0.2, 0.25) is 0 Å². The smallest absolute Gasteiger partial charge is 0.126 e. The van der Waals surface area contributed by atoms with Crippen molar-refractivity contribution < 1.29 is 9.50 Å². The van der Waals surface area contributed by atoms with Crippen LogP contribution in [0.4, 0.5) is 4.39 Å². The molecule has 1 saturated heterocycles. The second-order valence-electron chi connectivity index (χ2n) is 4.70. The van der Waals surface area contributed by atoms with E-state index in [4.69, 9.17) is 0 Å². The Hall–Kier alpha value is -0.970. The molecule has 0 saturated carbocycles. The monoisotopic (exact) mass is 238 g/mol. The number of hydrogen-bond donors (Lipinski definition) is 3. The van der Waals surface area contributed by atoms with Crippen LogP contribution in [0, 0.1) is 18.7 Å². The molecule has 17 heavy (non-hydrogen) atoms. The molecule has 94 valence electrons. The molecule has 0 aliphatic carbocycles. The Kier molecular flexibility index (Phi) is 4.10. The summed E-state index contributed by atoms with van der Waals surface area (Å²) in [5.41, 5.74) is 1.61. The SMILES string of the molecule is Cc1ccc(CNCC2CNCC2O)cc1F. The van der Waals surface area contributed by atoms with E-state index >= 15 is 0 Å². The topological polar surface area (TPSA) is 44.3 Å². The van der Waals surface area contributed by atoms with Crippen molar-refractivity contribution in [1.29, 1.82) is 0 Å². The van der Waals surface area contributed by atoms with Gasteiger partial charge in [0.15, 0.2) is 0 Å². The summed E-state index contributed by atoms with van der Waals surface area (Å²) in [6.07, 6.45) is -0.266. The third-order valence-corrected chi connectivity index (χ3v) is 3.28. The number of aryl methyl sites for hydroxylation is 1. The average Bonchev–Trinajstić information content (AvgIpc) is 2.70. The molecule has 1 aromatic carbocycles. The Bertz CT molecular complexity index is 384. The van der Waals surface area contributed by atoms with E-state index in [2.05, 4.69) is 10.6 Å². The largest absolute Gasteiger partial charge is 0.391 e. The summed E-state index contributed by atoms with van der Waals surface area (Å²) in [5.74, 6) is 0.0946. The highest BCUT2D eigenvalue weighted by Gasteiger charge is 2.23. The maximum atomic E-state index is 13.3. The molecule has 0 bridgehead atoms. The molecule has 2 atom stereocenters. The molecule has 1 fully saturated rings. The average molecular weight is 238 g/mol. The van der Waals surface area contributed by atoms with E-state index < -0.39 is 0 Å². The van der Waals surface area contributed by atoms with E-state index in [1.165, 1.54) is 0 Å². The first-order valence-electron chi connectivity index (χ1n) is 6.01. The van der Waals surface area contributed by atoms with Crippen molar-refractivity contribution in [1.82, 2.24) is 10.6 Å². The lowest BCUT2D eigenvalue weighted by atomic mass is 10.1. The summed E-state index contributed by atoms with van der Waals surface area (Å²) in [7, 11) is 0. The lowest BCUT2D eigenvalue weighted by molar-refractivity contribution is 0.146. The standard InChI is InChI=1S/C13H19FN2O/c1-9-2-3-10(4-12(9)14)5-15-6-11-7-16-8-13(11)17/h2-4,11,13,15-17H,5-8H2,1H3. The van der Waals surface area contributed by atoms with Crippen LogP contribution in [0.15, 0.2) is 18.2 Å². The molecular weight excluding hydrogens is 219 g/mol. The fourth-order valence-corrected chi connectivity index (χ4v) is 2.08. The maximum absolute atomic E-state index is 13.3. The van der Waals surface area contributed by atoms with Gasteiger partial charge in [-0.1, -0.05) is 12.1 Å². The molecule has 2 unspecified atom stereocenters. The summed E-state index contributed by atoms with van der Waals surface area (Å²) in [5, 5.41) is 16.0.